The summed E-state index contributed by atoms with van der Waals surface area (Å²) in [5.74, 6) is 1.04. The summed E-state index contributed by atoms with van der Waals surface area (Å²) in [6, 6.07) is 0. The summed E-state index contributed by atoms with van der Waals surface area (Å²) in [4.78, 5) is 22.0. The normalized spacial score (nSPS) is 39.9. The molecular formula is C12H18O3. The number of hydrogen-bond donors (Lipinski definition) is 0. The molecule has 0 aromatic heterocycles. The van der Waals surface area contributed by atoms with Crippen LogP contribution in [0.5, 0.6) is 0 Å². The van der Waals surface area contributed by atoms with E-state index in [2.05, 4.69) is 6.92 Å². The second kappa shape index (κ2) is 3.95. The highest BCUT2D eigenvalue weighted by molar-refractivity contribution is 5.83. The van der Waals surface area contributed by atoms with Gasteiger partial charge >= 0.3 is 0 Å². The fourth-order valence-electron chi connectivity index (χ4n) is 3.47. The lowest BCUT2D eigenvalue weighted by atomic mass is 9.65. The molecule has 3 nitrogen and oxygen atoms in total. The van der Waals surface area contributed by atoms with Crippen molar-refractivity contribution in [2.24, 2.45) is 17.3 Å². The molecule has 0 bridgehead atoms. The van der Waals surface area contributed by atoms with Crippen molar-refractivity contribution in [1.82, 2.24) is 0 Å². The maximum atomic E-state index is 11.8. The van der Waals surface area contributed by atoms with Gasteiger partial charge in [0.2, 0.25) is 0 Å². The van der Waals surface area contributed by atoms with Gasteiger partial charge in [-0.1, -0.05) is 6.92 Å². The molecule has 0 N–H and O–H groups in total. The predicted molar refractivity (Wildman–Crippen MR) is 55.2 cm³/mol. The smallest absolute Gasteiger partial charge is 0.293 e. The van der Waals surface area contributed by atoms with Crippen LogP contribution in [0.25, 0.3) is 0 Å². The van der Waals surface area contributed by atoms with E-state index in [1.165, 1.54) is 0 Å². The Balaban J connectivity index is 2.10. The lowest BCUT2D eigenvalue weighted by Gasteiger charge is -2.39. The second-order valence-electron chi connectivity index (χ2n) is 5.08. The van der Waals surface area contributed by atoms with Crippen molar-refractivity contribution < 1.29 is 14.3 Å². The Bertz CT molecular complexity index is 274. The zero-order valence-corrected chi connectivity index (χ0v) is 9.20. The minimum Gasteiger partial charge on any atom is -0.468 e. The van der Waals surface area contributed by atoms with Crippen molar-refractivity contribution in [1.29, 1.82) is 0 Å². The third-order valence-electron chi connectivity index (χ3n) is 4.43. The van der Waals surface area contributed by atoms with Crippen molar-refractivity contribution in [3.8, 4) is 0 Å². The van der Waals surface area contributed by atoms with Crippen molar-refractivity contribution in [3.05, 3.63) is 0 Å². The molecule has 0 spiro atoms. The first kappa shape index (κ1) is 10.7. The van der Waals surface area contributed by atoms with Crippen LogP contribution in [0.15, 0.2) is 0 Å². The average Bonchev–Trinajstić information content (AvgIpc) is 2.54. The molecular weight excluding hydrogens is 192 g/mol. The molecule has 3 atom stereocenters. The standard InChI is InChI=1S/C12H18O3/c1-12-6-2-3-11(14)10(12)5-4-9(12)7-15-8-13/h8-10H,2-7H2,1H3. The third-order valence-corrected chi connectivity index (χ3v) is 4.43. The number of carbonyl (C=O) groups is 2. The van der Waals surface area contributed by atoms with Crippen LogP contribution in [0.3, 0.4) is 0 Å². The number of Topliss-reactive ketones (excluding diaryl/α,β-unsaturated/α-hetero) is 1. The molecule has 2 fully saturated rings. The molecule has 0 heterocycles. The molecule has 0 radical (unpaired) electrons. The molecule has 0 aromatic carbocycles. The third kappa shape index (κ3) is 1.68. The fourth-order valence-corrected chi connectivity index (χ4v) is 3.47. The molecule has 3 unspecified atom stereocenters. The quantitative estimate of drug-likeness (QED) is 0.669. The van der Waals surface area contributed by atoms with E-state index < -0.39 is 0 Å². The lowest BCUT2D eigenvalue weighted by Crippen LogP contribution is -2.38. The summed E-state index contributed by atoms with van der Waals surface area (Å²) in [6.07, 6.45) is 4.88. The van der Waals surface area contributed by atoms with Crippen LogP contribution in [0.2, 0.25) is 0 Å². The summed E-state index contributed by atoms with van der Waals surface area (Å²) >= 11 is 0. The minimum absolute atomic E-state index is 0.0956. The van der Waals surface area contributed by atoms with Crippen molar-refractivity contribution in [2.45, 2.75) is 39.0 Å². The first-order valence-electron chi connectivity index (χ1n) is 5.76. The molecule has 3 heteroatoms. The van der Waals surface area contributed by atoms with Crippen molar-refractivity contribution in [2.75, 3.05) is 6.61 Å². The van der Waals surface area contributed by atoms with Gasteiger partial charge in [-0.3, -0.25) is 9.59 Å². The molecule has 0 amide bonds. The van der Waals surface area contributed by atoms with E-state index in [0.717, 1.165) is 32.1 Å². The van der Waals surface area contributed by atoms with E-state index in [1.807, 2.05) is 0 Å². The van der Waals surface area contributed by atoms with Gasteiger partial charge < -0.3 is 4.74 Å². The SMILES string of the molecule is CC12CCCC(=O)C1CCC2COC=O. The van der Waals surface area contributed by atoms with Gasteiger partial charge in [0.1, 0.15) is 5.78 Å². The molecule has 2 aliphatic rings. The lowest BCUT2D eigenvalue weighted by molar-refractivity contribution is -0.133. The van der Waals surface area contributed by atoms with Crippen molar-refractivity contribution >= 4 is 12.3 Å². The van der Waals surface area contributed by atoms with E-state index in [0.29, 0.717) is 24.8 Å². The molecule has 15 heavy (non-hydrogen) atoms. The van der Waals surface area contributed by atoms with Crippen molar-refractivity contribution in [3.63, 3.8) is 0 Å². The van der Waals surface area contributed by atoms with Crippen LogP contribution in [0, 0.1) is 17.3 Å². The molecule has 2 saturated carbocycles. The molecule has 84 valence electrons. The highest BCUT2D eigenvalue weighted by Gasteiger charge is 2.51. The van der Waals surface area contributed by atoms with Crippen LogP contribution in [0.1, 0.15) is 39.0 Å². The summed E-state index contributed by atoms with van der Waals surface area (Å²) in [5, 5.41) is 0. The molecule has 2 rings (SSSR count). The van der Waals surface area contributed by atoms with E-state index in [4.69, 9.17) is 4.74 Å². The fraction of sp³-hybridized carbons (Fsp3) is 0.833. The van der Waals surface area contributed by atoms with Crippen LogP contribution >= 0.6 is 0 Å². The zero-order valence-electron chi connectivity index (χ0n) is 9.20. The Morgan fingerprint density at radius 3 is 3.07 bits per heavy atom. The minimum atomic E-state index is 0.0956. The number of hydrogen-bond acceptors (Lipinski definition) is 3. The van der Waals surface area contributed by atoms with E-state index in [-0.39, 0.29) is 11.3 Å². The summed E-state index contributed by atoms with van der Waals surface area (Å²) in [5.41, 5.74) is 0.0956. The van der Waals surface area contributed by atoms with Gasteiger partial charge in [0, 0.05) is 12.3 Å². The first-order valence-corrected chi connectivity index (χ1v) is 5.76. The number of carbonyl (C=O) groups excluding carboxylic acids is 2. The monoisotopic (exact) mass is 210 g/mol. The zero-order chi connectivity index (χ0) is 10.9. The Kier molecular flexibility index (Phi) is 2.81. The van der Waals surface area contributed by atoms with E-state index >= 15 is 0 Å². The predicted octanol–water partition coefficient (Wildman–Crippen LogP) is 1.94. The highest BCUT2D eigenvalue weighted by atomic mass is 16.5. The first-order chi connectivity index (χ1) is 7.18. The number of ether oxygens (including phenoxy) is 1. The van der Waals surface area contributed by atoms with Crippen LogP contribution < -0.4 is 0 Å². The molecule has 2 aliphatic carbocycles. The van der Waals surface area contributed by atoms with E-state index in [9.17, 15) is 9.59 Å². The van der Waals surface area contributed by atoms with Crippen LogP contribution in [-0.4, -0.2) is 18.9 Å². The van der Waals surface area contributed by atoms with Gasteiger partial charge in [-0.25, -0.2) is 0 Å². The van der Waals surface area contributed by atoms with Crippen LogP contribution in [-0.2, 0) is 14.3 Å². The molecule has 0 aromatic rings. The Hall–Kier alpha value is -0.860. The average molecular weight is 210 g/mol. The molecule has 0 saturated heterocycles. The highest BCUT2D eigenvalue weighted by Crippen LogP contribution is 2.54. The number of fused-ring (bicyclic) bond motifs is 1. The van der Waals surface area contributed by atoms with Gasteiger partial charge in [0.05, 0.1) is 6.61 Å². The summed E-state index contributed by atoms with van der Waals surface area (Å²) < 4.78 is 4.88. The maximum absolute atomic E-state index is 11.8. The van der Waals surface area contributed by atoms with Crippen LogP contribution in [0.4, 0.5) is 0 Å². The topological polar surface area (TPSA) is 43.4 Å². The van der Waals surface area contributed by atoms with Gasteiger partial charge in [0.25, 0.3) is 6.47 Å². The molecule has 0 aliphatic heterocycles. The Morgan fingerprint density at radius 1 is 1.53 bits per heavy atom. The van der Waals surface area contributed by atoms with Gasteiger partial charge in [-0.2, -0.15) is 0 Å². The Morgan fingerprint density at radius 2 is 2.33 bits per heavy atom. The second-order valence-corrected chi connectivity index (χ2v) is 5.08. The maximum Gasteiger partial charge on any atom is 0.293 e. The number of ketones is 1. The summed E-state index contributed by atoms with van der Waals surface area (Å²) in [6.45, 7) is 3.20. The summed E-state index contributed by atoms with van der Waals surface area (Å²) in [7, 11) is 0. The van der Waals surface area contributed by atoms with Gasteiger partial charge in [0.15, 0.2) is 0 Å². The van der Waals surface area contributed by atoms with Gasteiger partial charge in [-0.05, 0) is 37.0 Å². The van der Waals surface area contributed by atoms with E-state index in [1.54, 1.807) is 0 Å². The Labute approximate surface area is 90.2 Å². The largest absolute Gasteiger partial charge is 0.468 e. The number of rotatable bonds is 3. The van der Waals surface area contributed by atoms with Gasteiger partial charge in [-0.15, -0.1) is 0 Å².